The van der Waals surface area contributed by atoms with Gasteiger partial charge in [0.05, 0.1) is 12.1 Å². The number of piperidine rings is 1. The molecule has 1 amide bonds. The van der Waals surface area contributed by atoms with Crippen LogP contribution in [0.4, 0.5) is 19.0 Å². The molecule has 1 atom stereocenters. The zero-order valence-corrected chi connectivity index (χ0v) is 15.7. The summed E-state index contributed by atoms with van der Waals surface area (Å²) in [6.07, 6.45) is 0.699. The third-order valence-electron chi connectivity index (χ3n) is 5.47. The molecule has 0 bridgehead atoms. The minimum atomic E-state index is -4.37. The number of hydrogen-bond donors (Lipinski definition) is 0. The van der Waals surface area contributed by atoms with Gasteiger partial charge in [0.25, 0.3) is 0 Å². The van der Waals surface area contributed by atoms with Gasteiger partial charge in [0, 0.05) is 45.0 Å². The Kier molecular flexibility index (Phi) is 6.24. The number of hydrogen-bond acceptors (Lipinski definition) is 4. The number of rotatable bonds is 3. The van der Waals surface area contributed by atoms with E-state index in [0.29, 0.717) is 31.5 Å². The molecule has 0 spiro atoms. The summed E-state index contributed by atoms with van der Waals surface area (Å²) >= 11 is 0. The molecule has 2 aliphatic rings. The highest BCUT2D eigenvalue weighted by Crippen LogP contribution is 2.29. The number of carbonyl (C=O) groups is 1. The fourth-order valence-electron chi connectivity index (χ4n) is 3.85. The van der Waals surface area contributed by atoms with E-state index in [1.165, 1.54) is 12.5 Å². The van der Waals surface area contributed by atoms with Crippen molar-refractivity contribution in [2.75, 3.05) is 44.2 Å². The van der Waals surface area contributed by atoms with E-state index in [4.69, 9.17) is 0 Å². The number of nitrogens with zero attached hydrogens (tertiary/aromatic N) is 4. The molecular weight excluding hydrogens is 357 g/mol. The van der Waals surface area contributed by atoms with Crippen LogP contribution in [0.25, 0.3) is 0 Å². The second-order valence-corrected chi connectivity index (χ2v) is 7.45. The van der Waals surface area contributed by atoms with Gasteiger partial charge in [-0.15, -0.1) is 0 Å². The van der Waals surface area contributed by atoms with Crippen molar-refractivity contribution in [2.24, 2.45) is 0 Å². The lowest BCUT2D eigenvalue weighted by Gasteiger charge is -2.35. The summed E-state index contributed by atoms with van der Waals surface area (Å²) in [5.74, 6) is 0.740. The van der Waals surface area contributed by atoms with Crippen LogP contribution in [-0.4, -0.2) is 66.0 Å². The number of amides is 1. The molecule has 1 unspecified atom stereocenters. The van der Waals surface area contributed by atoms with E-state index in [0.717, 1.165) is 51.2 Å². The molecular formula is C19H27F3N4O. The standard InChI is InChI=1S/C19H27F3N4O/c1-15-5-2-3-10-26(15)18(27)14-24-8-4-9-25(12-11-24)17-7-6-16(13-23-17)19(20,21)22/h6-7,13,15H,2-5,8-12,14H2,1H3. The van der Waals surface area contributed by atoms with Crippen molar-refractivity contribution in [3.63, 3.8) is 0 Å². The Morgan fingerprint density at radius 2 is 1.93 bits per heavy atom. The van der Waals surface area contributed by atoms with Crippen molar-refractivity contribution in [3.05, 3.63) is 23.9 Å². The van der Waals surface area contributed by atoms with Crippen LogP contribution in [0.2, 0.25) is 0 Å². The summed E-state index contributed by atoms with van der Waals surface area (Å²) in [6.45, 7) is 6.26. The fourth-order valence-corrected chi connectivity index (χ4v) is 3.85. The summed E-state index contributed by atoms with van der Waals surface area (Å²) in [7, 11) is 0. The van der Waals surface area contributed by atoms with Gasteiger partial charge in [-0.05, 0) is 44.7 Å². The number of anilines is 1. The summed E-state index contributed by atoms with van der Waals surface area (Å²) in [5, 5.41) is 0. The van der Waals surface area contributed by atoms with Gasteiger partial charge in [-0.1, -0.05) is 0 Å². The van der Waals surface area contributed by atoms with Gasteiger partial charge < -0.3 is 9.80 Å². The Labute approximate surface area is 158 Å². The Balaban J connectivity index is 1.55. The third kappa shape index (κ3) is 5.12. The number of alkyl halides is 3. The van der Waals surface area contributed by atoms with Crippen molar-refractivity contribution >= 4 is 11.7 Å². The molecule has 1 aromatic heterocycles. The first-order valence-electron chi connectivity index (χ1n) is 9.64. The number of carbonyl (C=O) groups excluding carboxylic acids is 1. The van der Waals surface area contributed by atoms with Crippen molar-refractivity contribution in [3.8, 4) is 0 Å². The van der Waals surface area contributed by atoms with Crippen LogP contribution in [0.15, 0.2) is 18.3 Å². The maximum Gasteiger partial charge on any atom is 0.417 e. The molecule has 1 aromatic rings. The van der Waals surface area contributed by atoms with Gasteiger partial charge in [-0.25, -0.2) is 4.98 Å². The fraction of sp³-hybridized carbons (Fsp3) is 0.684. The Hall–Kier alpha value is -1.83. The molecule has 3 heterocycles. The van der Waals surface area contributed by atoms with Gasteiger partial charge in [0.2, 0.25) is 5.91 Å². The average Bonchev–Trinajstić information content (AvgIpc) is 2.87. The lowest BCUT2D eigenvalue weighted by Crippen LogP contribution is -2.47. The Morgan fingerprint density at radius 3 is 2.59 bits per heavy atom. The highest BCUT2D eigenvalue weighted by atomic mass is 19.4. The van der Waals surface area contributed by atoms with E-state index in [2.05, 4.69) is 16.8 Å². The van der Waals surface area contributed by atoms with Crippen LogP contribution >= 0.6 is 0 Å². The first-order chi connectivity index (χ1) is 12.8. The van der Waals surface area contributed by atoms with Crippen LogP contribution in [0, 0.1) is 0 Å². The molecule has 0 radical (unpaired) electrons. The van der Waals surface area contributed by atoms with Crippen LogP contribution in [0.1, 0.15) is 38.2 Å². The quantitative estimate of drug-likeness (QED) is 0.803. The Morgan fingerprint density at radius 1 is 1.11 bits per heavy atom. The van der Waals surface area contributed by atoms with E-state index in [9.17, 15) is 18.0 Å². The molecule has 2 aliphatic heterocycles. The van der Waals surface area contributed by atoms with E-state index >= 15 is 0 Å². The molecule has 5 nitrogen and oxygen atoms in total. The summed E-state index contributed by atoms with van der Waals surface area (Å²) in [4.78, 5) is 22.7. The van der Waals surface area contributed by atoms with E-state index in [1.54, 1.807) is 0 Å². The first kappa shape index (κ1) is 19.9. The number of pyridine rings is 1. The summed E-state index contributed by atoms with van der Waals surface area (Å²) in [6, 6.07) is 2.82. The van der Waals surface area contributed by atoms with E-state index in [1.807, 2.05) is 9.80 Å². The molecule has 0 aromatic carbocycles. The van der Waals surface area contributed by atoms with Crippen LogP contribution in [0.5, 0.6) is 0 Å². The lowest BCUT2D eigenvalue weighted by molar-refractivity contribution is -0.138. The van der Waals surface area contributed by atoms with Gasteiger partial charge in [-0.3, -0.25) is 9.69 Å². The second kappa shape index (κ2) is 8.46. The summed E-state index contributed by atoms with van der Waals surface area (Å²) < 4.78 is 38.1. The highest BCUT2D eigenvalue weighted by Gasteiger charge is 2.31. The SMILES string of the molecule is CC1CCCCN1C(=O)CN1CCCN(c2ccc(C(F)(F)F)cn2)CC1. The van der Waals surface area contributed by atoms with E-state index < -0.39 is 11.7 Å². The van der Waals surface area contributed by atoms with Gasteiger partial charge >= 0.3 is 6.18 Å². The zero-order valence-electron chi connectivity index (χ0n) is 15.7. The number of likely N-dealkylation sites (tertiary alicyclic amines) is 1. The van der Waals surface area contributed by atoms with Crippen molar-refractivity contribution in [1.82, 2.24) is 14.8 Å². The smallest absolute Gasteiger partial charge is 0.355 e. The molecule has 150 valence electrons. The third-order valence-corrected chi connectivity index (χ3v) is 5.47. The normalized spacial score (nSPS) is 22.6. The molecule has 3 rings (SSSR count). The van der Waals surface area contributed by atoms with Gasteiger partial charge in [0.1, 0.15) is 5.82 Å². The first-order valence-corrected chi connectivity index (χ1v) is 9.64. The average molecular weight is 384 g/mol. The second-order valence-electron chi connectivity index (χ2n) is 7.45. The molecule has 0 saturated carbocycles. The molecule has 2 saturated heterocycles. The maximum atomic E-state index is 12.7. The Bertz CT molecular complexity index is 635. The molecule has 2 fully saturated rings. The number of aromatic nitrogens is 1. The lowest BCUT2D eigenvalue weighted by atomic mass is 10.0. The van der Waals surface area contributed by atoms with Crippen LogP contribution in [0.3, 0.4) is 0 Å². The highest BCUT2D eigenvalue weighted by molar-refractivity contribution is 5.78. The zero-order chi connectivity index (χ0) is 19.4. The van der Waals surface area contributed by atoms with Gasteiger partial charge in [0.15, 0.2) is 0 Å². The van der Waals surface area contributed by atoms with Crippen molar-refractivity contribution in [2.45, 2.75) is 44.8 Å². The predicted octanol–water partition coefficient (Wildman–Crippen LogP) is 3.01. The van der Waals surface area contributed by atoms with Crippen molar-refractivity contribution in [1.29, 1.82) is 0 Å². The summed E-state index contributed by atoms with van der Waals surface area (Å²) in [5.41, 5.74) is -0.732. The molecule has 0 N–H and O–H groups in total. The molecule has 27 heavy (non-hydrogen) atoms. The maximum absolute atomic E-state index is 12.7. The van der Waals surface area contributed by atoms with Crippen LogP contribution < -0.4 is 4.90 Å². The van der Waals surface area contributed by atoms with Crippen molar-refractivity contribution < 1.29 is 18.0 Å². The minimum absolute atomic E-state index is 0.184. The number of halogens is 3. The van der Waals surface area contributed by atoms with E-state index in [-0.39, 0.29) is 5.91 Å². The van der Waals surface area contributed by atoms with Gasteiger partial charge in [-0.2, -0.15) is 13.2 Å². The monoisotopic (exact) mass is 384 g/mol. The largest absolute Gasteiger partial charge is 0.417 e. The minimum Gasteiger partial charge on any atom is -0.355 e. The molecule has 8 heteroatoms. The topological polar surface area (TPSA) is 39.7 Å². The van der Waals surface area contributed by atoms with Crippen LogP contribution in [-0.2, 0) is 11.0 Å². The molecule has 0 aliphatic carbocycles. The predicted molar refractivity (Wildman–Crippen MR) is 97.5 cm³/mol.